The molecule has 17 heavy (non-hydrogen) atoms. The Hall–Kier alpha value is -1.75. The molecule has 0 saturated heterocycles. The average molecular weight is 255 g/mol. The monoisotopic (exact) mass is 254 g/mol. The van der Waals surface area contributed by atoms with Gasteiger partial charge in [-0.25, -0.2) is 4.68 Å². The lowest BCUT2D eigenvalue weighted by Crippen LogP contribution is -2.24. The van der Waals surface area contributed by atoms with Gasteiger partial charge in [-0.15, -0.1) is 0 Å². The molecule has 2 rings (SSSR count). The number of hydrogen-bond acceptors (Lipinski definition) is 4. The Morgan fingerprint density at radius 3 is 2.65 bits per heavy atom. The minimum Gasteiger partial charge on any atom is -0.504 e. The van der Waals surface area contributed by atoms with Crippen molar-refractivity contribution in [3.05, 3.63) is 27.6 Å². The van der Waals surface area contributed by atoms with E-state index in [1.807, 2.05) is 13.8 Å². The van der Waals surface area contributed by atoms with Gasteiger partial charge in [0, 0.05) is 5.39 Å². The van der Waals surface area contributed by atoms with Crippen molar-refractivity contribution in [2.75, 3.05) is 0 Å². The standard InChI is InChI=1S/C11H11ClN2O3/c1-5(2)14-11(17)8-6(4-13-14)3-7(15)10(16)9(8)12/h3-5,15-16H,1-2H3. The normalized spacial score (nSPS) is 11.3. The van der Waals surface area contributed by atoms with Gasteiger partial charge in [0.1, 0.15) is 0 Å². The lowest BCUT2D eigenvalue weighted by atomic mass is 10.1. The third-order valence-electron chi connectivity index (χ3n) is 2.48. The van der Waals surface area contributed by atoms with Crippen molar-refractivity contribution in [2.45, 2.75) is 19.9 Å². The van der Waals surface area contributed by atoms with Crippen LogP contribution in [0.5, 0.6) is 11.5 Å². The molecule has 0 amide bonds. The zero-order valence-electron chi connectivity index (χ0n) is 9.31. The first kappa shape index (κ1) is 11.7. The molecule has 2 aromatic rings. The maximum absolute atomic E-state index is 12.1. The fourth-order valence-corrected chi connectivity index (χ4v) is 1.91. The van der Waals surface area contributed by atoms with Crippen molar-refractivity contribution < 1.29 is 10.2 Å². The predicted octanol–water partition coefficient (Wildman–Crippen LogP) is 2.04. The summed E-state index contributed by atoms with van der Waals surface area (Å²) in [6, 6.07) is 1.15. The molecule has 1 aromatic carbocycles. The summed E-state index contributed by atoms with van der Waals surface area (Å²) < 4.78 is 1.27. The van der Waals surface area contributed by atoms with Gasteiger partial charge < -0.3 is 10.2 Å². The first-order valence-corrected chi connectivity index (χ1v) is 5.43. The van der Waals surface area contributed by atoms with Crippen molar-refractivity contribution in [3.63, 3.8) is 0 Å². The van der Waals surface area contributed by atoms with Gasteiger partial charge in [0.05, 0.1) is 22.6 Å². The molecule has 2 N–H and O–H groups in total. The summed E-state index contributed by atoms with van der Waals surface area (Å²) in [5, 5.41) is 23.3. The lowest BCUT2D eigenvalue weighted by Gasteiger charge is -2.10. The van der Waals surface area contributed by atoms with Crippen molar-refractivity contribution in [1.82, 2.24) is 9.78 Å². The van der Waals surface area contributed by atoms with E-state index in [1.54, 1.807) is 0 Å². The molecule has 0 atom stereocenters. The van der Waals surface area contributed by atoms with Crippen LogP contribution in [-0.2, 0) is 0 Å². The third-order valence-corrected chi connectivity index (χ3v) is 2.85. The number of phenols is 2. The summed E-state index contributed by atoms with van der Waals surface area (Å²) in [7, 11) is 0. The highest BCUT2D eigenvalue weighted by molar-refractivity contribution is 6.37. The van der Waals surface area contributed by atoms with Crippen LogP contribution in [0.4, 0.5) is 0 Å². The van der Waals surface area contributed by atoms with Gasteiger partial charge in [0.15, 0.2) is 11.5 Å². The highest BCUT2D eigenvalue weighted by Crippen LogP contribution is 2.37. The minimum absolute atomic E-state index is 0.112. The molecule has 0 aliphatic rings. The Bertz CT molecular complexity index is 649. The maximum atomic E-state index is 12.1. The number of halogens is 1. The Morgan fingerprint density at radius 1 is 1.41 bits per heavy atom. The molecule has 0 bridgehead atoms. The Morgan fingerprint density at radius 2 is 2.06 bits per heavy atom. The fourth-order valence-electron chi connectivity index (χ4n) is 1.62. The smallest absolute Gasteiger partial charge is 0.276 e. The molecule has 0 spiro atoms. The highest BCUT2D eigenvalue weighted by Gasteiger charge is 2.15. The van der Waals surface area contributed by atoms with Crippen LogP contribution in [0.25, 0.3) is 10.8 Å². The van der Waals surface area contributed by atoms with Gasteiger partial charge in [0.2, 0.25) is 0 Å². The third kappa shape index (κ3) is 1.72. The molecule has 0 aliphatic heterocycles. The number of phenolic OH excluding ortho intramolecular Hbond substituents is 2. The summed E-state index contributed by atoms with van der Waals surface area (Å²) in [6.07, 6.45) is 1.43. The number of aromatic hydroxyl groups is 2. The fraction of sp³-hybridized carbons (Fsp3) is 0.273. The molecule has 0 unspecified atom stereocenters. The number of rotatable bonds is 1. The van der Waals surface area contributed by atoms with Crippen LogP contribution in [0, 0.1) is 0 Å². The number of benzene rings is 1. The minimum atomic E-state index is -0.488. The molecule has 1 heterocycles. The maximum Gasteiger partial charge on any atom is 0.276 e. The summed E-state index contributed by atoms with van der Waals surface area (Å²) in [5.74, 6) is -0.858. The molecule has 0 aliphatic carbocycles. The molecule has 0 fully saturated rings. The number of hydrogen-bond donors (Lipinski definition) is 2. The molecule has 5 nitrogen and oxygen atoms in total. The summed E-state index contributed by atoms with van der Waals surface area (Å²) in [5.41, 5.74) is -0.391. The van der Waals surface area contributed by atoms with Crippen molar-refractivity contribution in [1.29, 1.82) is 0 Å². The summed E-state index contributed by atoms with van der Waals surface area (Å²) >= 11 is 5.86. The predicted molar refractivity (Wildman–Crippen MR) is 64.7 cm³/mol. The Labute approximate surface area is 102 Å². The quantitative estimate of drug-likeness (QED) is 0.764. The second kappa shape index (κ2) is 3.92. The van der Waals surface area contributed by atoms with Crippen molar-refractivity contribution >= 4 is 22.4 Å². The first-order chi connectivity index (χ1) is 7.93. The summed E-state index contributed by atoms with van der Waals surface area (Å²) in [6.45, 7) is 3.63. The molecular weight excluding hydrogens is 244 g/mol. The van der Waals surface area contributed by atoms with Crippen LogP contribution in [0.15, 0.2) is 17.1 Å². The van der Waals surface area contributed by atoms with Gasteiger partial charge in [-0.3, -0.25) is 4.79 Å². The molecule has 90 valence electrons. The molecule has 1 aromatic heterocycles. The van der Waals surface area contributed by atoms with Crippen LogP contribution >= 0.6 is 11.6 Å². The molecule has 0 saturated carbocycles. The van der Waals surface area contributed by atoms with Gasteiger partial charge >= 0.3 is 0 Å². The van der Waals surface area contributed by atoms with E-state index >= 15 is 0 Å². The molecule has 0 radical (unpaired) electrons. The zero-order valence-corrected chi connectivity index (χ0v) is 10.1. The van der Waals surface area contributed by atoms with Crippen LogP contribution in [0.2, 0.25) is 5.02 Å². The van der Waals surface area contributed by atoms with E-state index in [0.717, 1.165) is 0 Å². The second-order valence-electron chi connectivity index (χ2n) is 4.01. The molecular formula is C11H11ClN2O3. The largest absolute Gasteiger partial charge is 0.504 e. The number of fused-ring (bicyclic) bond motifs is 1. The Balaban J connectivity index is 2.95. The van der Waals surface area contributed by atoms with Crippen LogP contribution < -0.4 is 5.56 Å². The zero-order chi connectivity index (χ0) is 12.7. The van der Waals surface area contributed by atoms with Crippen LogP contribution in [0.3, 0.4) is 0 Å². The summed E-state index contributed by atoms with van der Waals surface area (Å²) in [4.78, 5) is 12.1. The van der Waals surface area contributed by atoms with E-state index in [2.05, 4.69) is 5.10 Å². The first-order valence-electron chi connectivity index (χ1n) is 5.05. The van der Waals surface area contributed by atoms with E-state index in [4.69, 9.17) is 11.6 Å². The van der Waals surface area contributed by atoms with Crippen LogP contribution in [0.1, 0.15) is 19.9 Å². The number of nitrogens with zero attached hydrogens (tertiary/aromatic N) is 2. The van der Waals surface area contributed by atoms with Gasteiger partial charge in [-0.1, -0.05) is 11.6 Å². The van der Waals surface area contributed by atoms with Gasteiger partial charge in [-0.2, -0.15) is 5.10 Å². The van der Waals surface area contributed by atoms with E-state index in [-0.39, 0.29) is 22.2 Å². The van der Waals surface area contributed by atoms with E-state index < -0.39 is 11.3 Å². The van der Waals surface area contributed by atoms with Gasteiger partial charge in [-0.05, 0) is 19.9 Å². The van der Waals surface area contributed by atoms with E-state index in [9.17, 15) is 15.0 Å². The van der Waals surface area contributed by atoms with Crippen molar-refractivity contribution in [2.24, 2.45) is 0 Å². The highest BCUT2D eigenvalue weighted by atomic mass is 35.5. The van der Waals surface area contributed by atoms with Crippen LogP contribution in [-0.4, -0.2) is 20.0 Å². The van der Waals surface area contributed by atoms with E-state index in [0.29, 0.717) is 5.39 Å². The Kier molecular flexibility index (Phi) is 2.71. The second-order valence-corrected chi connectivity index (χ2v) is 4.39. The number of aromatic nitrogens is 2. The average Bonchev–Trinajstić information content (AvgIpc) is 2.25. The van der Waals surface area contributed by atoms with Gasteiger partial charge in [0.25, 0.3) is 5.56 Å². The topological polar surface area (TPSA) is 75.3 Å². The van der Waals surface area contributed by atoms with Crippen molar-refractivity contribution in [3.8, 4) is 11.5 Å². The van der Waals surface area contributed by atoms with E-state index in [1.165, 1.54) is 16.9 Å². The SMILES string of the molecule is CC(C)n1ncc2cc(O)c(O)c(Cl)c2c1=O. The molecule has 6 heteroatoms. The lowest BCUT2D eigenvalue weighted by molar-refractivity contribution is 0.405.